The van der Waals surface area contributed by atoms with E-state index in [1.807, 2.05) is 0 Å². The highest BCUT2D eigenvalue weighted by Gasteiger charge is 2.46. The van der Waals surface area contributed by atoms with Gasteiger partial charge in [-0.15, -0.1) is 0 Å². The Balaban J connectivity index is 2.31. The van der Waals surface area contributed by atoms with Crippen molar-refractivity contribution in [2.24, 2.45) is 5.92 Å². The first kappa shape index (κ1) is 8.73. The quantitative estimate of drug-likeness (QED) is 0.639. The molecule has 1 aliphatic heterocycles. The summed E-state index contributed by atoms with van der Waals surface area (Å²) in [7, 11) is 0. The summed E-state index contributed by atoms with van der Waals surface area (Å²) in [6.45, 7) is 5.77. The Kier molecular flexibility index (Phi) is 2.05. The average Bonchev–Trinajstić information content (AvgIpc) is 2.57. The van der Waals surface area contributed by atoms with E-state index in [2.05, 4.69) is 29.8 Å². The maximum atomic E-state index is 5.63. The first-order chi connectivity index (χ1) is 5.66. The van der Waals surface area contributed by atoms with Crippen molar-refractivity contribution in [1.82, 2.24) is 0 Å². The van der Waals surface area contributed by atoms with Crippen LogP contribution in [-0.2, 0) is 9.47 Å². The number of allylic oxidation sites excluding steroid dienone is 1. The summed E-state index contributed by atoms with van der Waals surface area (Å²) in [6.07, 6.45) is 0.958. The Hall–Kier alpha value is 0.140. The predicted octanol–water partition coefficient (Wildman–Crippen LogP) is 2.44. The molecule has 2 nitrogen and oxygen atoms in total. The van der Waals surface area contributed by atoms with Crippen molar-refractivity contribution >= 4 is 15.9 Å². The lowest BCUT2D eigenvalue weighted by Crippen LogP contribution is -2.27. The van der Waals surface area contributed by atoms with E-state index in [9.17, 15) is 0 Å². The van der Waals surface area contributed by atoms with Crippen LogP contribution in [0.1, 0.15) is 20.3 Å². The first-order valence-corrected chi connectivity index (χ1v) is 5.10. The van der Waals surface area contributed by atoms with Crippen molar-refractivity contribution in [2.75, 3.05) is 13.2 Å². The molecule has 1 saturated heterocycles. The third-order valence-electron chi connectivity index (χ3n) is 2.75. The second-order valence-electron chi connectivity index (χ2n) is 3.55. The minimum Gasteiger partial charge on any atom is -0.343 e. The first-order valence-electron chi connectivity index (χ1n) is 4.30. The van der Waals surface area contributed by atoms with E-state index in [0.717, 1.165) is 24.1 Å². The molecule has 2 rings (SSSR count). The highest BCUT2D eigenvalue weighted by molar-refractivity contribution is 9.11. The molecule has 0 aromatic heterocycles. The molecule has 0 amide bonds. The van der Waals surface area contributed by atoms with Gasteiger partial charge in [-0.05, 0) is 28.8 Å². The third kappa shape index (κ3) is 1.07. The Morgan fingerprint density at radius 2 is 2.00 bits per heavy atom. The van der Waals surface area contributed by atoms with Crippen LogP contribution in [0.4, 0.5) is 0 Å². The number of hydrogen-bond acceptors (Lipinski definition) is 2. The summed E-state index contributed by atoms with van der Waals surface area (Å²) in [5.41, 5.74) is 1.36. The molecule has 1 unspecified atom stereocenters. The van der Waals surface area contributed by atoms with Crippen LogP contribution in [0.3, 0.4) is 0 Å². The second kappa shape index (κ2) is 2.82. The molecule has 1 spiro atoms. The zero-order valence-corrected chi connectivity index (χ0v) is 8.98. The Morgan fingerprint density at radius 1 is 1.42 bits per heavy atom. The lowest BCUT2D eigenvalue weighted by molar-refractivity contribution is -0.121. The van der Waals surface area contributed by atoms with Crippen molar-refractivity contribution < 1.29 is 9.47 Å². The van der Waals surface area contributed by atoms with Crippen molar-refractivity contribution in [2.45, 2.75) is 26.1 Å². The van der Waals surface area contributed by atoms with Crippen LogP contribution in [0.2, 0.25) is 0 Å². The van der Waals surface area contributed by atoms with E-state index >= 15 is 0 Å². The molecular weight excluding hydrogens is 220 g/mol. The highest BCUT2D eigenvalue weighted by atomic mass is 79.9. The van der Waals surface area contributed by atoms with Crippen molar-refractivity contribution in [3.8, 4) is 0 Å². The lowest BCUT2D eigenvalue weighted by atomic mass is 10.1. The molecule has 0 N–H and O–H groups in total. The molecule has 0 bridgehead atoms. The molecule has 0 saturated carbocycles. The second-order valence-corrected chi connectivity index (χ2v) is 4.34. The number of halogens is 1. The molecule has 1 atom stereocenters. The van der Waals surface area contributed by atoms with Gasteiger partial charge in [-0.3, -0.25) is 0 Å². The molecular formula is C9H13BrO2. The van der Waals surface area contributed by atoms with E-state index in [1.54, 1.807) is 0 Å². The van der Waals surface area contributed by atoms with Gasteiger partial charge in [0.15, 0.2) is 0 Å². The maximum absolute atomic E-state index is 5.63. The van der Waals surface area contributed by atoms with Gasteiger partial charge in [0.25, 0.3) is 0 Å². The summed E-state index contributed by atoms with van der Waals surface area (Å²) in [6, 6.07) is 0. The fourth-order valence-electron chi connectivity index (χ4n) is 1.86. The van der Waals surface area contributed by atoms with Crippen LogP contribution in [-0.4, -0.2) is 19.0 Å². The summed E-state index contributed by atoms with van der Waals surface area (Å²) in [4.78, 5) is 0. The summed E-state index contributed by atoms with van der Waals surface area (Å²) < 4.78 is 12.4. The van der Waals surface area contributed by atoms with Crippen molar-refractivity contribution in [3.05, 3.63) is 10.1 Å². The van der Waals surface area contributed by atoms with E-state index in [-0.39, 0.29) is 0 Å². The molecule has 1 heterocycles. The van der Waals surface area contributed by atoms with Crippen molar-refractivity contribution in [3.63, 3.8) is 0 Å². The van der Waals surface area contributed by atoms with Crippen molar-refractivity contribution in [1.29, 1.82) is 0 Å². The SMILES string of the molecule is CC1=C(Br)C2(CC1C)OCCO2. The van der Waals surface area contributed by atoms with Crippen LogP contribution in [0, 0.1) is 5.92 Å². The van der Waals surface area contributed by atoms with E-state index in [1.165, 1.54) is 5.57 Å². The average molecular weight is 233 g/mol. The molecule has 68 valence electrons. The minimum absolute atomic E-state index is 0.413. The van der Waals surface area contributed by atoms with Gasteiger partial charge in [0, 0.05) is 6.42 Å². The minimum atomic E-state index is -0.413. The van der Waals surface area contributed by atoms with E-state index in [4.69, 9.17) is 9.47 Å². The monoisotopic (exact) mass is 232 g/mol. The number of hydrogen-bond donors (Lipinski definition) is 0. The highest BCUT2D eigenvalue weighted by Crippen LogP contribution is 2.47. The smallest absolute Gasteiger partial charge is 0.202 e. The molecule has 0 aromatic rings. The van der Waals surface area contributed by atoms with Crippen LogP contribution >= 0.6 is 15.9 Å². The third-order valence-corrected chi connectivity index (χ3v) is 3.98. The van der Waals surface area contributed by atoms with E-state index < -0.39 is 5.79 Å². The molecule has 0 aromatic carbocycles. The predicted molar refractivity (Wildman–Crippen MR) is 50.0 cm³/mol. The fraction of sp³-hybridized carbons (Fsp3) is 0.778. The lowest BCUT2D eigenvalue weighted by Gasteiger charge is -2.22. The Labute approximate surface area is 81.1 Å². The Morgan fingerprint density at radius 3 is 2.42 bits per heavy atom. The number of rotatable bonds is 0. The van der Waals surface area contributed by atoms with Gasteiger partial charge in [0.05, 0.1) is 17.7 Å². The van der Waals surface area contributed by atoms with Crippen LogP contribution in [0.15, 0.2) is 10.1 Å². The fourth-order valence-corrected chi connectivity index (χ4v) is 2.64. The molecule has 3 heteroatoms. The molecule has 12 heavy (non-hydrogen) atoms. The number of ether oxygens (including phenoxy) is 2. The molecule has 0 radical (unpaired) electrons. The van der Waals surface area contributed by atoms with Crippen LogP contribution < -0.4 is 0 Å². The van der Waals surface area contributed by atoms with Crippen LogP contribution in [0.25, 0.3) is 0 Å². The molecule has 1 aliphatic carbocycles. The van der Waals surface area contributed by atoms with Gasteiger partial charge in [-0.1, -0.05) is 12.5 Å². The van der Waals surface area contributed by atoms with Gasteiger partial charge in [-0.25, -0.2) is 0 Å². The van der Waals surface area contributed by atoms with E-state index in [0.29, 0.717) is 5.92 Å². The van der Waals surface area contributed by atoms with Gasteiger partial charge < -0.3 is 9.47 Å². The van der Waals surface area contributed by atoms with Gasteiger partial charge in [0.1, 0.15) is 0 Å². The van der Waals surface area contributed by atoms with Gasteiger partial charge in [-0.2, -0.15) is 0 Å². The maximum Gasteiger partial charge on any atom is 0.202 e. The topological polar surface area (TPSA) is 18.5 Å². The molecule has 1 fully saturated rings. The Bertz CT molecular complexity index is 229. The van der Waals surface area contributed by atoms with Gasteiger partial charge >= 0.3 is 0 Å². The van der Waals surface area contributed by atoms with Crippen LogP contribution in [0.5, 0.6) is 0 Å². The standard InChI is InChI=1S/C9H13BrO2/c1-6-5-9(8(10)7(6)2)11-3-4-12-9/h6H,3-5H2,1-2H3. The summed E-state index contributed by atoms with van der Waals surface area (Å²) in [5, 5.41) is 0. The largest absolute Gasteiger partial charge is 0.343 e. The zero-order chi connectivity index (χ0) is 8.77. The normalized spacial score (nSPS) is 33.8. The zero-order valence-electron chi connectivity index (χ0n) is 7.39. The van der Waals surface area contributed by atoms with Gasteiger partial charge in [0.2, 0.25) is 5.79 Å². The summed E-state index contributed by atoms with van der Waals surface area (Å²) in [5.74, 6) is 0.154. The summed E-state index contributed by atoms with van der Waals surface area (Å²) >= 11 is 3.56. The molecule has 2 aliphatic rings.